The molecule has 6 heteroatoms. The average molecular weight is 413 g/mol. The highest BCUT2D eigenvalue weighted by Gasteiger charge is 2.35. The van der Waals surface area contributed by atoms with Crippen LogP contribution in [0.4, 0.5) is 0 Å². The topological polar surface area (TPSA) is 66.5 Å². The van der Waals surface area contributed by atoms with E-state index in [2.05, 4.69) is 40.0 Å². The minimum absolute atomic E-state index is 0.0988. The van der Waals surface area contributed by atoms with Gasteiger partial charge in [0.25, 0.3) is 0 Å². The van der Waals surface area contributed by atoms with Crippen LogP contribution in [0.3, 0.4) is 0 Å². The van der Waals surface area contributed by atoms with Crippen molar-refractivity contribution in [2.24, 2.45) is 5.92 Å². The monoisotopic (exact) mass is 412 g/mol. The highest BCUT2D eigenvalue weighted by molar-refractivity contribution is 7.89. The molecule has 1 atom stereocenters. The maximum atomic E-state index is 12.7. The summed E-state index contributed by atoms with van der Waals surface area (Å²) in [7, 11) is -3.60. The number of ketones is 1. The van der Waals surface area contributed by atoms with Crippen LogP contribution in [-0.4, -0.2) is 44.8 Å². The molecule has 0 aliphatic carbocycles. The molecule has 0 bridgehead atoms. The van der Waals surface area contributed by atoms with Gasteiger partial charge in [-0.3, -0.25) is 4.79 Å². The van der Waals surface area contributed by atoms with Gasteiger partial charge >= 0.3 is 0 Å². The van der Waals surface area contributed by atoms with Gasteiger partial charge in [-0.05, 0) is 75.4 Å². The molecular weight excluding hydrogens is 384 g/mol. The largest absolute Gasteiger partial charge is 0.303 e. The first-order valence-electron chi connectivity index (χ1n) is 10.4. The van der Waals surface area contributed by atoms with Crippen LogP contribution in [0, 0.1) is 5.92 Å². The minimum atomic E-state index is -3.60. The van der Waals surface area contributed by atoms with Crippen molar-refractivity contribution in [1.82, 2.24) is 9.62 Å². The Hall–Kier alpha value is -2.02. The number of hydrogen-bond acceptors (Lipinski definition) is 4. The molecule has 2 aliphatic heterocycles. The summed E-state index contributed by atoms with van der Waals surface area (Å²) in [5.41, 5.74) is 1.73. The van der Waals surface area contributed by atoms with E-state index >= 15 is 0 Å². The van der Waals surface area contributed by atoms with Crippen LogP contribution in [0.1, 0.15) is 41.6 Å². The molecule has 0 amide bonds. The number of hydrogen-bond donors (Lipinski definition) is 1. The normalized spacial score (nSPS) is 22.3. The Balaban J connectivity index is 1.25. The van der Waals surface area contributed by atoms with Crippen molar-refractivity contribution in [3.8, 4) is 0 Å². The van der Waals surface area contributed by atoms with Crippen molar-refractivity contribution in [2.75, 3.05) is 19.6 Å². The van der Waals surface area contributed by atoms with E-state index in [0.29, 0.717) is 12.0 Å². The molecule has 0 saturated carbocycles. The number of nitrogens with zero attached hydrogens (tertiary/aromatic N) is 1. The third kappa shape index (κ3) is 4.77. The van der Waals surface area contributed by atoms with Crippen LogP contribution < -0.4 is 4.72 Å². The van der Waals surface area contributed by atoms with Gasteiger partial charge in [-0.1, -0.05) is 42.5 Å². The van der Waals surface area contributed by atoms with Gasteiger partial charge in [0.2, 0.25) is 10.0 Å². The molecule has 0 aromatic heterocycles. The van der Waals surface area contributed by atoms with Crippen LogP contribution in [0.2, 0.25) is 0 Å². The molecular formula is C23H28N2O3S. The molecule has 2 heterocycles. The first-order chi connectivity index (χ1) is 14.0. The Morgan fingerprint density at radius 3 is 2.41 bits per heavy atom. The fourth-order valence-electron chi connectivity index (χ4n) is 4.47. The first kappa shape index (κ1) is 20.3. The molecule has 1 N–H and O–H groups in total. The number of carbonyl (C=O) groups is 1. The summed E-state index contributed by atoms with van der Waals surface area (Å²) in [6.45, 7) is 3.06. The summed E-state index contributed by atoms with van der Waals surface area (Å²) in [5, 5.41) is 0. The minimum Gasteiger partial charge on any atom is -0.303 e. The summed E-state index contributed by atoms with van der Waals surface area (Å²) in [6, 6.07) is 16.5. The number of likely N-dealkylation sites (tertiary alicyclic amines) is 1. The maximum absolute atomic E-state index is 12.7. The number of fused-ring (bicyclic) bond motifs is 1. The summed E-state index contributed by atoms with van der Waals surface area (Å²) in [4.78, 5) is 15.2. The zero-order valence-electron chi connectivity index (χ0n) is 16.6. The molecule has 0 radical (unpaired) electrons. The van der Waals surface area contributed by atoms with Gasteiger partial charge in [0.15, 0.2) is 5.78 Å². The van der Waals surface area contributed by atoms with Crippen molar-refractivity contribution in [1.29, 1.82) is 0 Å². The highest BCUT2D eigenvalue weighted by atomic mass is 32.2. The van der Waals surface area contributed by atoms with E-state index < -0.39 is 16.1 Å². The van der Waals surface area contributed by atoms with Gasteiger partial charge in [-0.15, -0.1) is 0 Å². The van der Waals surface area contributed by atoms with Gasteiger partial charge < -0.3 is 4.90 Å². The van der Waals surface area contributed by atoms with Gasteiger partial charge in [-0.25, -0.2) is 13.1 Å². The van der Waals surface area contributed by atoms with Gasteiger partial charge in [0.1, 0.15) is 0 Å². The third-order valence-electron chi connectivity index (χ3n) is 6.10. The molecule has 1 fully saturated rings. The van der Waals surface area contributed by atoms with Gasteiger partial charge in [0.05, 0.1) is 10.9 Å². The molecule has 4 rings (SSSR count). The maximum Gasteiger partial charge on any atom is 0.241 e. The first-order valence-corrected chi connectivity index (χ1v) is 11.9. The van der Waals surface area contributed by atoms with E-state index in [0.717, 1.165) is 38.4 Å². The lowest BCUT2D eigenvalue weighted by Gasteiger charge is -2.32. The van der Waals surface area contributed by atoms with Crippen molar-refractivity contribution >= 4 is 15.8 Å². The molecule has 0 spiro atoms. The van der Waals surface area contributed by atoms with Crippen LogP contribution in [0.5, 0.6) is 0 Å². The predicted octanol–water partition coefficient (Wildman–Crippen LogP) is 3.26. The second-order valence-corrected chi connectivity index (χ2v) is 9.83. The number of piperidine rings is 1. The molecule has 154 valence electrons. The number of sulfonamides is 1. The van der Waals surface area contributed by atoms with Crippen LogP contribution >= 0.6 is 0 Å². The van der Waals surface area contributed by atoms with Crippen molar-refractivity contribution in [3.05, 3.63) is 65.7 Å². The quantitative estimate of drug-likeness (QED) is 0.791. The zero-order chi connectivity index (χ0) is 20.3. The molecule has 29 heavy (non-hydrogen) atoms. The van der Waals surface area contributed by atoms with E-state index in [1.165, 1.54) is 24.5 Å². The predicted molar refractivity (Wildman–Crippen MR) is 113 cm³/mol. The average Bonchev–Trinajstić information content (AvgIpc) is 2.74. The van der Waals surface area contributed by atoms with E-state index in [1.54, 1.807) is 18.2 Å². The summed E-state index contributed by atoms with van der Waals surface area (Å²) >= 11 is 0. The van der Waals surface area contributed by atoms with Gasteiger partial charge in [0, 0.05) is 5.56 Å². The Kier molecular flexibility index (Phi) is 6.13. The third-order valence-corrected chi connectivity index (χ3v) is 7.63. The lowest BCUT2D eigenvalue weighted by atomic mass is 9.90. The second kappa shape index (κ2) is 8.78. The molecule has 1 saturated heterocycles. The highest BCUT2D eigenvalue weighted by Crippen LogP contribution is 2.25. The summed E-state index contributed by atoms with van der Waals surface area (Å²) in [5.74, 6) is 0.619. The van der Waals surface area contributed by atoms with E-state index in [9.17, 15) is 13.2 Å². The summed E-state index contributed by atoms with van der Waals surface area (Å²) < 4.78 is 27.4. The Labute approximate surface area is 173 Å². The zero-order valence-corrected chi connectivity index (χ0v) is 17.4. The SMILES string of the molecule is O=C1c2ccccc2S(=O)(=O)NC1CCCN1CCC(Cc2ccccc2)CC1. The number of rotatable bonds is 6. The fourth-order valence-corrected chi connectivity index (χ4v) is 5.91. The van der Waals surface area contributed by atoms with Crippen LogP contribution in [0.15, 0.2) is 59.5 Å². The lowest BCUT2D eigenvalue weighted by molar-refractivity contribution is 0.0936. The Morgan fingerprint density at radius 1 is 0.966 bits per heavy atom. The van der Waals surface area contributed by atoms with E-state index in [-0.39, 0.29) is 10.7 Å². The van der Waals surface area contributed by atoms with Crippen LogP contribution in [0.25, 0.3) is 0 Å². The van der Waals surface area contributed by atoms with Crippen LogP contribution in [-0.2, 0) is 16.4 Å². The smallest absolute Gasteiger partial charge is 0.241 e. The second-order valence-electron chi connectivity index (χ2n) is 8.15. The lowest BCUT2D eigenvalue weighted by Crippen LogP contribution is -2.46. The molecule has 2 aliphatic rings. The fraction of sp³-hybridized carbons (Fsp3) is 0.435. The number of benzene rings is 2. The molecule has 2 aromatic carbocycles. The van der Waals surface area contributed by atoms with Crippen molar-refractivity contribution in [3.63, 3.8) is 0 Å². The standard InChI is InChI=1S/C23H28N2O3S/c26-23-20-9-4-5-11-22(20)29(27,28)24-21(23)10-6-14-25-15-12-19(13-16-25)17-18-7-2-1-3-8-18/h1-5,7-9,11,19,21,24H,6,10,12-17H2. The summed E-state index contributed by atoms with van der Waals surface area (Å²) in [6.07, 6.45) is 4.88. The molecule has 1 unspecified atom stereocenters. The molecule has 2 aromatic rings. The van der Waals surface area contributed by atoms with Gasteiger partial charge in [-0.2, -0.15) is 0 Å². The Morgan fingerprint density at radius 2 is 1.66 bits per heavy atom. The van der Waals surface area contributed by atoms with Crippen molar-refractivity contribution < 1.29 is 13.2 Å². The van der Waals surface area contributed by atoms with Crippen molar-refractivity contribution in [2.45, 2.75) is 43.0 Å². The number of carbonyl (C=O) groups excluding carboxylic acids is 1. The number of nitrogens with one attached hydrogen (secondary N) is 1. The Bertz CT molecular complexity index is 951. The number of Topliss-reactive ketones (excluding diaryl/α,β-unsaturated/α-hetero) is 1. The molecule has 5 nitrogen and oxygen atoms in total. The van der Waals surface area contributed by atoms with E-state index in [4.69, 9.17) is 0 Å². The van der Waals surface area contributed by atoms with E-state index in [1.807, 2.05) is 0 Å².